The lowest BCUT2D eigenvalue weighted by Crippen LogP contribution is -2.42. The van der Waals surface area contributed by atoms with Crippen LogP contribution in [0.15, 0.2) is 36.9 Å². The summed E-state index contributed by atoms with van der Waals surface area (Å²) in [5.41, 5.74) is 4.50. The normalized spacial score (nSPS) is 17.1. The van der Waals surface area contributed by atoms with Crippen molar-refractivity contribution >= 4 is 0 Å². The van der Waals surface area contributed by atoms with Crippen LogP contribution in [0, 0.1) is 5.82 Å². The molecular formula is C11H13F2N. The van der Waals surface area contributed by atoms with Crippen LogP contribution < -0.4 is 5.73 Å². The second-order valence-corrected chi connectivity index (χ2v) is 3.40. The van der Waals surface area contributed by atoms with Crippen LogP contribution in [0.4, 0.5) is 8.78 Å². The molecule has 0 aliphatic rings. The Hall–Kier alpha value is -1.22. The highest BCUT2D eigenvalue weighted by Gasteiger charge is 2.32. The summed E-state index contributed by atoms with van der Waals surface area (Å²) in [5, 5.41) is 0. The molecule has 3 heteroatoms. The quantitative estimate of drug-likeness (QED) is 0.740. The van der Waals surface area contributed by atoms with E-state index in [0.717, 1.165) is 6.08 Å². The van der Waals surface area contributed by atoms with Gasteiger partial charge in [-0.05, 0) is 13.0 Å². The fourth-order valence-electron chi connectivity index (χ4n) is 1.29. The second-order valence-electron chi connectivity index (χ2n) is 3.40. The van der Waals surface area contributed by atoms with Gasteiger partial charge < -0.3 is 5.73 Å². The molecule has 2 atom stereocenters. The van der Waals surface area contributed by atoms with E-state index in [-0.39, 0.29) is 5.56 Å². The molecule has 1 aromatic carbocycles. The molecule has 0 aliphatic heterocycles. The highest BCUT2D eigenvalue weighted by atomic mass is 19.1. The number of halogens is 2. The molecule has 0 saturated carbocycles. The first-order chi connectivity index (χ1) is 6.50. The van der Waals surface area contributed by atoms with Crippen molar-refractivity contribution < 1.29 is 8.78 Å². The highest BCUT2D eigenvalue weighted by Crippen LogP contribution is 2.26. The van der Waals surface area contributed by atoms with E-state index in [9.17, 15) is 8.78 Å². The van der Waals surface area contributed by atoms with Gasteiger partial charge in [0, 0.05) is 5.56 Å². The summed E-state index contributed by atoms with van der Waals surface area (Å²) in [5.74, 6) is -0.498. The van der Waals surface area contributed by atoms with Crippen LogP contribution in [-0.4, -0.2) is 6.17 Å². The number of nitrogens with two attached hydrogens (primary N) is 1. The van der Waals surface area contributed by atoms with Gasteiger partial charge in [-0.3, -0.25) is 0 Å². The molecular weight excluding hydrogens is 184 g/mol. The van der Waals surface area contributed by atoms with Gasteiger partial charge in [-0.2, -0.15) is 0 Å². The van der Waals surface area contributed by atoms with Crippen LogP contribution in [0.2, 0.25) is 0 Å². The average molecular weight is 197 g/mol. The van der Waals surface area contributed by atoms with Gasteiger partial charge in [-0.25, -0.2) is 8.78 Å². The third-order valence-electron chi connectivity index (χ3n) is 2.23. The largest absolute Gasteiger partial charge is 0.319 e. The van der Waals surface area contributed by atoms with E-state index >= 15 is 0 Å². The molecule has 2 N–H and O–H groups in total. The number of hydrogen-bond donors (Lipinski definition) is 1. The summed E-state index contributed by atoms with van der Waals surface area (Å²) >= 11 is 0. The van der Waals surface area contributed by atoms with E-state index in [1.165, 1.54) is 25.1 Å². The van der Waals surface area contributed by atoms with Gasteiger partial charge in [0.1, 0.15) is 12.0 Å². The molecule has 0 saturated heterocycles. The molecule has 76 valence electrons. The zero-order valence-corrected chi connectivity index (χ0v) is 8.00. The Kier molecular flexibility index (Phi) is 3.01. The van der Waals surface area contributed by atoms with Crippen molar-refractivity contribution in [2.45, 2.75) is 18.6 Å². The third kappa shape index (κ3) is 1.82. The Morgan fingerprint density at radius 3 is 2.57 bits per heavy atom. The van der Waals surface area contributed by atoms with Gasteiger partial charge in [-0.1, -0.05) is 24.3 Å². The Labute approximate surface area is 82.2 Å². The summed E-state index contributed by atoms with van der Waals surface area (Å²) < 4.78 is 26.7. The fourth-order valence-corrected chi connectivity index (χ4v) is 1.29. The van der Waals surface area contributed by atoms with E-state index in [4.69, 9.17) is 5.73 Å². The average Bonchev–Trinajstić information content (AvgIpc) is 2.17. The summed E-state index contributed by atoms with van der Waals surface area (Å²) in [6, 6.07) is 5.90. The molecule has 0 aliphatic carbocycles. The lowest BCUT2D eigenvalue weighted by atomic mass is 9.88. The Balaban J connectivity index is 3.15. The minimum Gasteiger partial charge on any atom is -0.319 e. The minimum absolute atomic E-state index is 0.160. The third-order valence-corrected chi connectivity index (χ3v) is 2.23. The van der Waals surface area contributed by atoms with Crippen molar-refractivity contribution in [3.63, 3.8) is 0 Å². The van der Waals surface area contributed by atoms with Crippen molar-refractivity contribution in [1.29, 1.82) is 0 Å². The monoisotopic (exact) mass is 197 g/mol. The fraction of sp³-hybridized carbons (Fsp3) is 0.273. The van der Waals surface area contributed by atoms with Crippen LogP contribution in [0.25, 0.3) is 0 Å². The lowest BCUT2D eigenvalue weighted by molar-refractivity contribution is 0.250. The van der Waals surface area contributed by atoms with Gasteiger partial charge in [0.25, 0.3) is 0 Å². The first-order valence-electron chi connectivity index (χ1n) is 4.30. The molecule has 0 bridgehead atoms. The molecule has 1 nitrogen and oxygen atoms in total. The molecule has 0 aromatic heterocycles. The smallest absolute Gasteiger partial charge is 0.140 e. The molecule has 14 heavy (non-hydrogen) atoms. The number of hydrogen-bond acceptors (Lipinski definition) is 1. The number of rotatable bonds is 3. The molecule has 0 radical (unpaired) electrons. The van der Waals surface area contributed by atoms with Gasteiger partial charge >= 0.3 is 0 Å². The zero-order chi connectivity index (χ0) is 10.8. The van der Waals surface area contributed by atoms with Crippen LogP contribution >= 0.6 is 0 Å². The summed E-state index contributed by atoms with van der Waals surface area (Å²) in [7, 11) is 0. The summed E-state index contributed by atoms with van der Waals surface area (Å²) in [6.07, 6.45) is -0.397. The summed E-state index contributed by atoms with van der Waals surface area (Å²) in [6.45, 7) is 4.75. The molecule has 0 heterocycles. The highest BCUT2D eigenvalue weighted by molar-refractivity contribution is 5.27. The zero-order valence-electron chi connectivity index (χ0n) is 8.00. The molecule has 0 unspecified atom stereocenters. The maximum Gasteiger partial charge on any atom is 0.140 e. The van der Waals surface area contributed by atoms with Crippen LogP contribution in [0.5, 0.6) is 0 Å². The molecule has 0 spiro atoms. The van der Waals surface area contributed by atoms with E-state index in [2.05, 4.69) is 6.58 Å². The van der Waals surface area contributed by atoms with Gasteiger partial charge in [-0.15, -0.1) is 6.58 Å². The first kappa shape index (κ1) is 10.9. The Bertz CT molecular complexity index is 334. The number of benzene rings is 1. The minimum atomic E-state index is -1.47. The van der Waals surface area contributed by atoms with Gasteiger partial charge in [0.05, 0.1) is 5.54 Å². The van der Waals surface area contributed by atoms with Crippen molar-refractivity contribution in [2.24, 2.45) is 5.73 Å². The molecule has 1 rings (SSSR count). The van der Waals surface area contributed by atoms with Crippen molar-refractivity contribution in [3.8, 4) is 0 Å². The molecule has 0 amide bonds. The molecule has 0 fully saturated rings. The Morgan fingerprint density at radius 1 is 1.50 bits per heavy atom. The SMILES string of the molecule is C=C[C@H](F)[C@](C)(N)c1ccccc1F. The van der Waals surface area contributed by atoms with Crippen LogP contribution in [-0.2, 0) is 5.54 Å². The van der Waals surface area contributed by atoms with Crippen molar-refractivity contribution in [3.05, 3.63) is 48.3 Å². The van der Waals surface area contributed by atoms with E-state index in [1.807, 2.05) is 0 Å². The predicted molar refractivity (Wildman–Crippen MR) is 53.0 cm³/mol. The number of alkyl halides is 1. The topological polar surface area (TPSA) is 26.0 Å². The molecule has 1 aromatic rings. The van der Waals surface area contributed by atoms with Crippen LogP contribution in [0.3, 0.4) is 0 Å². The first-order valence-corrected chi connectivity index (χ1v) is 4.30. The van der Waals surface area contributed by atoms with Gasteiger partial charge in [0.2, 0.25) is 0 Å². The van der Waals surface area contributed by atoms with Crippen LogP contribution in [0.1, 0.15) is 12.5 Å². The summed E-state index contributed by atoms with van der Waals surface area (Å²) in [4.78, 5) is 0. The standard InChI is InChI=1S/C11H13F2N/c1-3-10(13)11(2,14)8-6-4-5-7-9(8)12/h3-7,10H,1,14H2,2H3/t10-,11+/m0/s1. The lowest BCUT2D eigenvalue weighted by Gasteiger charge is -2.27. The maximum absolute atomic E-state index is 13.4. The Morgan fingerprint density at radius 2 is 2.07 bits per heavy atom. The second kappa shape index (κ2) is 3.88. The van der Waals surface area contributed by atoms with E-state index < -0.39 is 17.5 Å². The van der Waals surface area contributed by atoms with E-state index in [1.54, 1.807) is 6.07 Å². The van der Waals surface area contributed by atoms with E-state index in [0.29, 0.717) is 0 Å². The van der Waals surface area contributed by atoms with Crippen molar-refractivity contribution in [1.82, 2.24) is 0 Å². The maximum atomic E-state index is 13.4. The predicted octanol–water partition coefficient (Wildman–Crippen LogP) is 2.52. The van der Waals surface area contributed by atoms with Crippen molar-refractivity contribution in [2.75, 3.05) is 0 Å². The van der Waals surface area contributed by atoms with Gasteiger partial charge in [0.15, 0.2) is 0 Å².